The molecule has 1 aliphatic rings. The molecule has 0 bridgehead atoms. The van der Waals surface area contributed by atoms with E-state index in [1.807, 2.05) is 36.4 Å². The van der Waals surface area contributed by atoms with Crippen molar-refractivity contribution in [3.05, 3.63) is 96.7 Å². The van der Waals surface area contributed by atoms with Gasteiger partial charge < -0.3 is 9.47 Å². The number of allylic oxidation sites excluding steroid dienone is 1. The maximum atomic E-state index is 13.5. The summed E-state index contributed by atoms with van der Waals surface area (Å²) in [6, 6.07) is 19.9. The van der Waals surface area contributed by atoms with Crippen molar-refractivity contribution in [1.82, 2.24) is 9.47 Å². The first kappa shape index (κ1) is 18.8. The van der Waals surface area contributed by atoms with Crippen LogP contribution in [0.5, 0.6) is 0 Å². The molecule has 0 saturated heterocycles. The number of nitriles is 1. The lowest BCUT2D eigenvalue weighted by atomic mass is 9.82. The minimum Gasteiger partial charge on any atom is -0.337 e. The Morgan fingerprint density at radius 3 is 2.52 bits per heavy atom. The number of carbonyl (C=O) groups is 1. The Hall–Kier alpha value is -3.58. The summed E-state index contributed by atoms with van der Waals surface area (Å²) in [5, 5.41) is 11.6. The van der Waals surface area contributed by atoms with Gasteiger partial charge in [-0.05, 0) is 30.2 Å². The summed E-state index contributed by atoms with van der Waals surface area (Å²) in [6.07, 6.45) is 4.64. The second kappa shape index (κ2) is 7.44. The van der Waals surface area contributed by atoms with E-state index in [9.17, 15) is 10.1 Å². The van der Waals surface area contributed by atoms with E-state index in [0.29, 0.717) is 31.5 Å². The molecule has 144 valence electrons. The molecule has 0 radical (unpaired) electrons. The number of hydrogen-bond donors (Lipinski definition) is 0. The number of hydrogen-bond acceptors (Lipinski definition) is 2. The second-order valence-electron chi connectivity index (χ2n) is 7.28. The van der Waals surface area contributed by atoms with Crippen LogP contribution in [0, 0.1) is 11.3 Å². The summed E-state index contributed by atoms with van der Waals surface area (Å²) in [7, 11) is 0. The van der Waals surface area contributed by atoms with Crippen LogP contribution in [0.3, 0.4) is 0 Å². The predicted molar refractivity (Wildman–Crippen MR) is 115 cm³/mol. The van der Waals surface area contributed by atoms with Gasteiger partial charge in [-0.1, -0.05) is 48.6 Å². The normalized spacial score (nSPS) is 18.1. The maximum absolute atomic E-state index is 13.5. The zero-order chi connectivity index (χ0) is 20.4. The number of amides is 1. The van der Waals surface area contributed by atoms with E-state index in [-0.39, 0.29) is 5.91 Å². The van der Waals surface area contributed by atoms with Gasteiger partial charge in [0.2, 0.25) is 0 Å². The van der Waals surface area contributed by atoms with Gasteiger partial charge in [0.05, 0.1) is 11.8 Å². The largest absolute Gasteiger partial charge is 0.337 e. The predicted octanol–water partition coefficient (Wildman–Crippen LogP) is 4.82. The Morgan fingerprint density at radius 1 is 1.10 bits per heavy atom. The number of para-hydroxylation sites is 1. The van der Waals surface area contributed by atoms with Crippen molar-refractivity contribution in [2.75, 3.05) is 6.54 Å². The fourth-order valence-electron chi connectivity index (χ4n) is 4.55. The summed E-state index contributed by atoms with van der Waals surface area (Å²) in [5.74, 6) is -0.130. The van der Waals surface area contributed by atoms with Crippen LogP contribution in [0.4, 0.5) is 0 Å². The van der Waals surface area contributed by atoms with Crippen molar-refractivity contribution in [1.29, 1.82) is 5.26 Å². The number of fused-ring (bicyclic) bond motifs is 3. The van der Waals surface area contributed by atoms with Crippen molar-refractivity contribution in [3.8, 4) is 6.07 Å². The molecule has 0 N–H and O–H groups in total. The standard InChI is InChI=1S/C25H23N3O/c1-3-15-25(18-26)23-21(20-12-8-9-13-22(20)27(23)16-4-2)14-17-28(25)24(29)19-10-6-5-7-11-19/h3-13H,1-2,14-17H2. The van der Waals surface area contributed by atoms with Crippen LogP contribution >= 0.6 is 0 Å². The van der Waals surface area contributed by atoms with E-state index in [2.05, 4.69) is 35.9 Å². The molecule has 1 atom stereocenters. The molecule has 1 aliphatic heterocycles. The van der Waals surface area contributed by atoms with Crippen LogP contribution in [0.15, 0.2) is 79.9 Å². The van der Waals surface area contributed by atoms with Gasteiger partial charge in [-0.3, -0.25) is 4.79 Å². The molecule has 0 fully saturated rings. The number of nitrogens with zero attached hydrogens (tertiary/aromatic N) is 3. The molecule has 4 heteroatoms. The number of aromatic nitrogens is 1. The highest BCUT2D eigenvalue weighted by molar-refractivity contribution is 5.96. The molecule has 2 heterocycles. The Kier molecular flexibility index (Phi) is 4.82. The topological polar surface area (TPSA) is 49.0 Å². The average Bonchev–Trinajstić information content (AvgIpc) is 3.09. The van der Waals surface area contributed by atoms with E-state index in [1.165, 1.54) is 0 Å². The quantitative estimate of drug-likeness (QED) is 0.595. The van der Waals surface area contributed by atoms with Crippen molar-refractivity contribution in [2.24, 2.45) is 0 Å². The van der Waals surface area contributed by atoms with Crippen molar-refractivity contribution < 1.29 is 4.79 Å². The molecule has 0 spiro atoms. The fraction of sp³-hybridized carbons (Fsp3) is 0.200. The van der Waals surface area contributed by atoms with Gasteiger partial charge in [0.15, 0.2) is 5.54 Å². The molecule has 1 aromatic heterocycles. The third kappa shape index (κ3) is 2.78. The zero-order valence-corrected chi connectivity index (χ0v) is 16.3. The van der Waals surface area contributed by atoms with Gasteiger partial charge in [0, 0.05) is 36.0 Å². The number of benzene rings is 2. The molecule has 3 aromatic rings. The van der Waals surface area contributed by atoms with Crippen LogP contribution in [0.1, 0.15) is 28.0 Å². The first-order chi connectivity index (χ1) is 14.2. The molecule has 0 aliphatic carbocycles. The first-order valence-electron chi connectivity index (χ1n) is 9.78. The van der Waals surface area contributed by atoms with E-state index in [4.69, 9.17) is 0 Å². The van der Waals surface area contributed by atoms with E-state index in [0.717, 1.165) is 22.2 Å². The van der Waals surface area contributed by atoms with Crippen LogP contribution < -0.4 is 0 Å². The van der Waals surface area contributed by atoms with Crippen molar-refractivity contribution in [2.45, 2.75) is 24.9 Å². The Balaban J connectivity index is 1.99. The van der Waals surface area contributed by atoms with Gasteiger partial charge in [0.25, 0.3) is 5.91 Å². The highest BCUT2D eigenvalue weighted by Gasteiger charge is 2.48. The highest BCUT2D eigenvalue weighted by Crippen LogP contribution is 2.43. The summed E-state index contributed by atoms with van der Waals surface area (Å²) >= 11 is 0. The molecule has 2 aromatic carbocycles. The lowest BCUT2D eigenvalue weighted by molar-refractivity contribution is 0.0542. The maximum Gasteiger partial charge on any atom is 0.255 e. The lowest BCUT2D eigenvalue weighted by Crippen LogP contribution is -2.53. The summed E-state index contributed by atoms with van der Waals surface area (Å²) < 4.78 is 2.13. The summed E-state index contributed by atoms with van der Waals surface area (Å²) in [6.45, 7) is 8.87. The minimum absolute atomic E-state index is 0.130. The van der Waals surface area contributed by atoms with Gasteiger partial charge in [0.1, 0.15) is 0 Å². The molecule has 4 nitrogen and oxygen atoms in total. The molecule has 0 saturated carbocycles. The number of rotatable bonds is 5. The number of carbonyl (C=O) groups excluding carboxylic acids is 1. The molecule has 1 amide bonds. The first-order valence-corrected chi connectivity index (χ1v) is 9.78. The third-order valence-electron chi connectivity index (χ3n) is 5.72. The van der Waals surface area contributed by atoms with Crippen LogP contribution in [-0.2, 0) is 18.5 Å². The minimum atomic E-state index is -1.11. The van der Waals surface area contributed by atoms with E-state index >= 15 is 0 Å². The average molecular weight is 381 g/mol. The Bertz CT molecular complexity index is 1140. The van der Waals surface area contributed by atoms with Crippen molar-refractivity contribution in [3.63, 3.8) is 0 Å². The molecule has 4 rings (SSSR count). The summed E-state index contributed by atoms with van der Waals surface area (Å²) in [4.78, 5) is 15.2. The fourth-order valence-corrected chi connectivity index (χ4v) is 4.55. The van der Waals surface area contributed by atoms with Gasteiger partial charge in [-0.15, -0.1) is 13.2 Å². The Morgan fingerprint density at radius 2 is 1.83 bits per heavy atom. The van der Waals surface area contributed by atoms with Crippen molar-refractivity contribution >= 4 is 16.8 Å². The van der Waals surface area contributed by atoms with E-state index in [1.54, 1.807) is 23.1 Å². The lowest BCUT2D eigenvalue weighted by Gasteiger charge is -2.43. The molecular weight excluding hydrogens is 358 g/mol. The van der Waals surface area contributed by atoms with Gasteiger partial charge in [-0.25, -0.2) is 0 Å². The Labute approximate surface area is 171 Å². The highest BCUT2D eigenvalue weighted by atomic mass is 16.2. The molecule has 29 heavy (non-hydrogen) atoms. The molecule has 1 unspecified atom stereocenters. The van der Waals surface area contributed by atoms with Gasteiger partial charge >= 0.3 is 0 Å². The second-order valence-corrected chi connectivity index (χ2v) is 7.28. The van der Waals surface area contributed by atoms with Crippen LogP contribution in [-0.4, -0.2) is 21.9 Å². The van der Waals surface area contributed by atoms with E-state index < -0.39 is 5.54 Å². The zero-order valence-electron chi connectivity index (χ0n) is 16.3. The smallest absolute Gasteiger partial charge is 0.255 e. The third-order valence-corrected chi connectivity index (χ3v) is 5.72. The van der Waals surface area contributed by atoms with Crippen LogP contribution in [0.25, 0.3) is 10.9 Å². The SMILES string of the molecule is C=CCn1c2c(c3ccccc31)CCN(C(=O)c1ccccc1)C2(C#N)CC=C. The van der Waals surface area contributed by atoms with Gasteiger partial charge in [-0.2, -0.15) is 5.26 Å². The van der Waals surface area contributed by atoms with Crippen LogP contribution in [0.2, 0.25) is 0 Å². The summed E-state index contributed by atoms with van der Waals surface area (Å²) in [5.41, 5.74) is 2.57. The molecular formula is C25H23N3O. The monoisotopic (exact) mass is 381 g/mol.